The monoisotopic (exact) mass is 380 g/mol. The summed E-state index contributed by atoms with van der Waals surface area (Å²) in [6.45, 7) is 2.29. The largest absolute Gasteiger partial charge is 0.356 e. The van der Waals surface area contributed by atoms with Gasteiger partial charge in [-0.1, -0.05) is 11.6 Å². The SMILES string of the molecule is Cc1ccc2[nH]c(=O)c(CCNC(=O)CCC(=O)c3ccc(F)cc3)cc2c1. The molecule has 0 fully saturated rings. The number of hydrogen-bond acceptors (Lipinski definition) is 3. The molecule has 0 aliphatic rings. The Balaban J connectivity index is 1.50. The maximum atomic E-state index is 12.9. The minimum absolute atomic E-state index is 0.0451. The lowest BCUT2D eigenvalue weighted by molar-refractivity contribution is -0.121. The first-order valence-electron chi connectivity index (χ1n) is 9.10. The quantitative estimate of drug-likeness (QED) is 0.617. The van der Waals surface area contributed by atoms with Crippen molar-refractivity contribution in [3.05, 3.63) is 81.4 Å². The molecule has 6 heteroatoms. The van der Waals surface area contributed by atoms with Crippen molar-refractivity contribution in [2.45, 2.75) is 26.2 Å². The van der Waals surface area contributed by atoms with Crippen LogP contribution < -0.4 is 10.9 Å². The number of nitrogens with one attached hydrogen (secondary N) is 2. The van der Waals surface area contributed by atoms with Crippen LogP contribution in [0, 0.1) is 12.7 Å². The summed E-state index contributed by atoms with van der Waals surface area (Å²) < 4.78 is 12.9. The van der Waals surface area contributed by atoms with Crippen molar-refractivity contribution in [2.24, 2.45) is 0 Å². The second kappa shape index (κ2) is 8.61. The molecule has 2 N–H and O–H groups in total. The Morgan fingerprint density at radius 3 is 2.54 bits per heavy atom. The molecule has 1 heterocycles. The van der Waals surface area contributed by atoms with E-state index in [4.69, 9.17) is 0 Å². The van der Waals surface area contributed by atoms with E-state index in [2.05, 4.69) is 10.3 Å². The van der Waals surface area contributed by atoms with E-state index in [0.717, 1.165) is 16.5 Å². The number of aryl methyl sites for hydroxylation is 1. The highest BCUT2D eigenvalue weighted by Gasteiger charge is 2.10. The number of Topliss-reactive ketones (excluding diaryl/α,β-unsaturated/α-hetero) is 1. The molecule has 1 amide bonds. The molecule has 0 aliphatic heterocycles. The Morgan fingerprint density at radius 1 is 1.04 bits per heavy atom. The van der Waals surface area contributed by atoms with Crippen LogP contribution in [0.3, 0.4) is 0 Å². The van der Waals surface area contributed by atoms with Crippen LogP contribution in [0.25, 0.3) is 10.9 Å². The summed E-state index contributed by atoms with van der Waals surface area (Å²) in [6, 6.07) is 12.9. The van der Waals surface area contributed by atoms with Crippen LogP contribution in [0.4, 0.5) is 4.39 Å². The van der Waals surface area contributed by atoms with Crippen molar-refractivity contribution < 1.29 is 14.0 Å². The fourth-order valence-electron chi connectivity index (χ4n) is 2.99. The number of amides is 1. The van der Waals surface area contributed by atoms with Crippen molar-refractivity contribution in [2.75, 3.05) is 6.54 Å². The first kappa shape index (κ1) is 19.5. The zero-order valence-corrected chi connectivity index (χ0v) is 15.5. The van der Waals surface area contributed by atoms with E-state index >= 15 is 0 Å². The van der Waals surface area contributed by atoms with Crippen LogP contribution in [0.5, 0.6) is 0 Å². The van der Waals surface area contributed by atoms with Crippen molar-refractivity contribution in [3.8, 4) is 0 Å². The summed E-state index contributed by atoms with van der Waals surface area (Å²) in [4.78, 5) is 39.0. The second-order valence-electron chi connectivity index (χ2n) is 6.74. The third kappa shape index (κ3) is 4.91. The van der Waals surface area contributed by atoms with Crippen LogP contribution in [0.2, 0.25) is 0 Å². The Labute approximate surface area is 161 Å². The smallest absolute Gasteiger partial charge is 0.251 e. The summed E-state index contributed by atoms with van der Waals surface area (Å²) >= 11 is 0. The van der Waals surface area contributed by atoms with Crippen molar-refractivity contribution in [3.63, 3.8) is 0 Å². The molecule has 0 bridgehead atoms. The van der Waals surface area contributed by atoms with Gasteiger partial charge in [-0.3, -0.25) is 14.4 Å². The molecular formula is C22H21FN2O3. The maximum absolute atomic E-state index is 12.9. The van der Waals surface area contributed by atoms with Gasteiger partial charge in [0.1, 0.15) is 5.82 Å². The van der Waals surface area contributed by atoms with E-state index in [1.165, 1.54) is 24.3 Å². The van der Waals surface area contributed by atoms with Crippen molar-refractivity contribution in [1.29, 1.82) is 0 Å². The van der Waals surface area contributed by atoms with Gasteiger partial charge in [-0.15, -0.1) is 0 Å². The molecule has 144 valence electrons. The van der Waals surface area contributed by atoms with Crippen LogP contribution in [0.15, 0.2) is 53.3 Å². The Hall–Kier alpha value is -3.28. The second-order valence-corrected chi connectivity index (χ2v) is 6.74. The summed E-state index contributed by atoms with van der Waals surface area (Å²) in [5.41, 5.74) is 2.69. The molecule has 1 aromatic heterocycles. The number of rotatable bonds is 7. The lowest BCUT2D eigenvalue weighted by Gasteiger charge is -2.07. The van der Waals surface area contributed by atoms with E-state index < -0.39 is 5.82 Å². The first-order chi connectivity index (χ1) is 13.4. The molecule has 3 aromatic rings. The number of benzene rings is 2. The molecule has 2 aromatic carbocycles. The molecule has 0 spiro atoms. The van der Waals surface area contributed by atoms with Crippen LogP contribution >= 0.6 is 0 Å². The number of H-pyrrole nitrogens is 1. The van der Waals surface area contributed by atoms with Gasteiger partial charge in [0.05, 0.1) is 0 Å². The van der Waals surface area contributed by atoms with Crippen LogP contribution in [0.1, 0.15) is 34.3 Å². The Kier molecular flexibility index (Phi) is 5.99. The van der Waals surface area contributed by atoms with Gasteiger partial charge < -0.3 is 10.3 Å². The van der Waals surface area contributed by atoms with Gasteiger partial charge in [-0.2, -0.15) is 0 Å². The number of aromatic amines is 1. The van der Waals surface area contributed by atoms with Crippen molar-refractivity contribution in [1.82, 2.24) is 10.3 Å². The predicted octanol–water partition coefficient (Wildman–Crippen LogP) is 3.30. The summed E-state index contributed by atoms with van der Waals surface area (Å²) in [5.74, 6) is -0.881. The molecule has 0 radical (unpaired) electrons. The highest BCUT2D eigenvalue weighted by Crippen LogP contribution is 2.13. The third-order valence-electron chi connectivity index (χ3n) is 4.54. The van der Waals surface area contributed by atoms with Gasteiger partial charge in [0.2, 0.25) is 5.91 Å². The minimum Gasteiger partial charge on any atom is -0.356 e. The van der Waals surface area contributed by atoms with Crippen molar-refractivity contribution >= 4 is 22.6 Å². The number of carbonyl (C=O) groups excluding carboxylic acids is 2. The maximum Gasteiger partial charge on any atom is 0.251 e. The topological polar surface area (TPSA) is 79.0 Å². The van der Waals surface area contributed by atoms with Gasteiger partial charge in [0.15, 0.2) is 5.78 Å². The number of fused-ring (bicyclic) bond motifs is 1. The van der Waals surface area contributed by atoms with E-state index in [1.807, 2.05) is 31.2 Å². The van der Waals surface area contributed by atoms with Crippen LogP contribution in [-0.2, 0) is 11.2 Å². The van der Waals surface area contributed by atoms with Gasteiger partial charge >= 0.3 is 0 Å². The van der Waals surface area contributed by atoms with Gasteiger partial charge in [0.25, 0.3) is 5.56 Å². The minimum atomic E-state index is -0.409. The molecule has 28 heavy (non-hydrogen) atoms. The molecule has 0 saturated heterocycles. The van der Waals surface area contributed by atoms with E-state index in [-0.39, 0.29) is 30.1 Å². The molecule has 0 atom stereocenters. The number of carbonyl (C=O) groups is 2. The first-order valence-corrected chi connectivity index (χ1v) is 9.10. The number of pyridine rings is 1. The number of aromatic nitrogens is 1. The van der Waals surface area contributed by atoms with Gasteiger partial charge in [-0.25, -0.2) is 4.39 Å². The molecule has 5 nitrogen and oxygen atoms in total. The fraction of sp³-hybridized carbons (Fsp3) is 0.227. The third-order valence-corrected chi connectivity index (χ3v) is 4.54. The zero-order valence-electron chi connectivity index (χ0n) is 15.5. The lowest BCUT2D eigenvalue weighted by atomic mass is 10.1. The van der Waals surface area contributed by atoms with E-state index in [9.17, 15) is 18.8 Å². The molecular weight excluding hydrogens is 359 g/mol. The number of halogens is 1. The Morgan fingerprint density at radius 2 is 1.79 bits per heavy atom. The highest BCUT2D eigenvalue weighted by atomic mass is 19.1. The summed E-state index contributed by atoms with van der Waals surface area (Å²) in [5, 5.41) is 3.68. The average molecular weight is 380 g/mol. The molecule has 0 saturated carbocycles. The van der Waals surface area contributed by atoms with E-state index in [1.54, 1.807) is 0 Å². The fourth-order valence-corrected chi connectivity index (χ4v) is 2.99. The molecule has 3 rings (SSSR count). The Bertz CT molecular complexity index is 1070. The van der Waals surface area contributed by atoms with Gasteiger partial charge in [0, 0.05) is 36.0 Å². The average Bonchev–Trinajstić information content (AvgIpc) is 2.67. The highest BCUT2D eigenvalue weighted by molar-refractivity contribution is 5.97. The van der Waals surface area contributed by atoms with E-state index in [0.29, 0.717) is 24.1 Å². The normalized spacial score (nSPS) is 10.8. The number of ketones is 1. The predicted molar refractivity (Wildman–Crippen MR) is 106 cm³/mol. The standard InChI is InChI=1S/C22H21FN2O3/c1-14-2-7-19-17(12-14)13-16(22(28)25-19)10-11-24-21(27)9-8-20(26)15-3-5-18(23)6-4-15/h2-7,12-13H,8-11H2,1H3,(H,24,27)(H,25,28). The molecule has 0 unspecified atom stereocenters. The van der Waals surface area contributed by atoms with Gasteiger partial charge in [-0.05, 0) is 61.2 Å². The number of hydrogen-bond donors (Lipinski definition) is 2. The van der Waals surface area contributed by atoms with Crippen LogP contribution in [-0.4, -0.2) is 23.2 Å². The summed E-state index contributed by atoms with van der Waals surface area (Å²) in [6.07, 6.45) is 0.494. The molecule has 0 aliphatic carbocycles. The zero-order chi connectivity index (χ0) is 20.1. The lowest BCUT2D eigenvalue weighted by Crippen LogP contribution is -2.27. The summed E-state index contributed by atoms with van der Waals surface area (Å²) in [7, 11) is 0.